The van der Waals surface area contributed by atoms with Crippen molar-refractivity contribution in [3.05, 3.63) is 69.8 Å². The van der Waals surface area contributed by atoms with E-state index in [1.54, 1.807) is 0 Å². The molecular formula is C19H20N2O6. The van der Waals surface area contributed by atoms with E-state index in [-0.39, 0.29) is 29.6 Å². The van der Waals surface area contributed by atoms with Gasteiger partial charge < -0.3 is 9.84 Å². The molecule has 0 aliphatic carbocycles. The van der Waals surface area contributed by atoms with E-state index in [1.807, 2.05) is 35.4 Å². The third-order valence-corrected chi connectivity index (χ3v) is 4.40. The maximum Gasteiger partial charge on any atom is 0.335 e. The highest BCUT2D eigenvalue weighted by atomic mass is 16.7. The van der Waals surface area contributed by atoms with E-state index >= 15 is 0 Å². The first-order chi connectivity index (χ1) is 13.0. The highest BCUT2D eigenvalue weighted by Crippen LogP contribution is 2.29. The van der Waals surface area contributed by atoms with Crippen molar-refractivity contribution >= 4 is 11.7 Å². The number of carbonyl (C=O) groups is 1. The fourth-order valence-corrected chi connectivity index (χ4v) is 2.98. The second kappa shape index (κ2) is 8.61. The zero-order valence-electron chi connectivity index (χ0n) is 14.6. The van der Waals surface area contributed by atoms with E-state index in [9.17, 15) is 14.9 Å². The number of nitrogens with zero attached hydrogens (tertiary/aromatic N) is 2. The number of hydrogen-bond donors (Lipinski definition) is 1. The van der Waals surface area contributed by atoms with Gasteiger partial charge in [-0.1, -0.05) is 30.3 Å². The zero-order chi connectivity index (χ0) is 19.2. The Labute approximate surface area is 156 Å². The first-order valence-electron chi connectivity index (χ1n) is 8.62. The molecule has 1 heterocycles. The van der Waals surface area contributed by atoms with Crippen LogP contribution in [0.15, 0.2) is 48.5 Å². The smallest absolute Gasteiger partial charge is 0.335 e. The van der Waals surface area contributed by atoms with Crippen molar-refractivity contribution in [3.8, 4) is 5.75 Å². The number of hydroxylamine groups is 2. The van der Waals surface area contributed by atoms with Crippen LogP contribution in [0.4, 0.5) is 5.69 Å². The molecule has 8 heteroatoms. The largest absolute Gasteiger partial charge is 0.485 e. The number of rotatable bonds is 8. The quantitative estimate of drug-likeness (QED) is 0.560. The summed E-state index contributed by atoms with van der Waals surface area (Å²) in [6.07, 6.45) is 1.80. The van der Waals surface area contributed by atoms with Crippen LogP contribution in [0.5, 0.6) is 5.75 Å². The molecule has 27 heavy (non-hydrogen) atoms. The molecule has 1 saturated heterocycles. The Morgan fingerprint density at radius 1 is 1.26 bits per heavy atom. The minimum absolute atomic E-state index is 0.0209. The predicted molar refractivity (Wildman–Crippen MR) is 96.5 cm³/mol. The molecule has 0 aromatic heterocycles. The SMILES string of the molecule is O=C(O)c1ccc(OC[C@@H]2CCCN2OCc2ccccc2)c([N+](=O)[O-])c1. The van der Waals surface area contributed by atoms with Gasteiger partial charge in [0.2, 0.25) is 0 Å². The highest BCUT2D eigenvalue weighted by Gasteiger charge is 2.27. The van der Waals surface area contributed by atoms with Gasteiger partial charge in [0.25, 0.3) is 0 Å². The van der Waals surface area contributed by atoms with E-state index in [2.05, 4.69) is 0 Å². The highest BCUT2D eigenvalue weighted by molar-refractivity contribution is 5.88. The van der Waals surface area contributed by atoms with E-state index in [1.165, 1.54) is 12.1 Å². The van der Waals surface area contributed by atoms with E-state index < -0.39 is 10.9 Å². The molecule has 1 N–H and O–H groups in total. The van der Waals surface area contributed by atoms with E-state index in [0.717, 1.165) is 31.0 Å². The van der Waals surface area contributed by atoms with Crippen molar-refractivity contribution in [2.75, 3.05) is 13.2 Å². The molecular weight excluding hydrogens is 352 g/mol. The van der Waals surface area contributed by atoms with Crippen LogP contribution in [0.1, 0.15) is 28.8 Å². The van der Waals surface area contributed by atoms with Crippen LogP contribution < -0.4 is 4.74 Å². The van der Waals surface area contributed by atoms with Crippen LogP contribution in [0.3, 0.4) is 0 Å². The molecule has 0 amide bonds. The molecule has 0 bridgehead atoms. The molecule has 142 valence electrons. The second-order valence-corrected chi connectivity index (χ2v) is 6.25. The maximum atomic E-state index is 11.2. The Bertz CT molecular complexity index is 811. The molecule has 1 aliphatic heterocycles. The van der Waals surface area contributed by atoms with Gasteiger partial charge in [0, 0.05) is 12.6 Å². The number of carboxylic acid groups (broad SMARTS) is 1. The summed E-state index contributed by atoms with van der Waals surface area (Å²) in [4.78, 5) is 27.4. The van der Waals surface area contributed by atoms with Crippen LogP contribution >= 0.6 is 0 Å². The molecule has 0 radical (unpaired) electrons. The molecule has 1 aliphatic rings. The topological polar surface area (TPSA) is 102 Å². The lowest BCUT2D eigenvalue weighted by atomic mass is 10.2. The van der Waals surface area contributed by atoms with Crippen molar-refractivity contribution in [2.24, 2.45) is 0 Å². The van der Waals surface area contributed by atoms with Crippen molar-refractivity contribution in [1.82, 2.24) is 5.06 Å². The maximum absolute atomic E-state index is 11.2. The summed E-state index contributed by atoms with van der Waals surface area (Å²) in [6.45, 7) is 1.44. The lowest BCUT2D eigenvalue weighted by Gasteiger charge is -2.24. The van der Waals surface area contributed by atoms with Crippen LogP contribution in [0.2, 0.25) is 0 Å². The number of hydrogen-bond acceptors (Lipinski definition) is 6. The summed E-state index contributed by atoms with van der Waals surface area (Å²) >= 11 is 0. The molecule has 2 aromatic rings. The van der Waals surface area contributed by atoms with Gasteiger partial charge in [-0.2, -0.15) is 5.06 Å². The first-order valence-corrected chi connectivity index (χ1v) is 8.62. The lowest BCUT2D eigenvalue weighted by molar-refractivity contribution is -0.386. The molecule has 1 atom stereocenters. The minimum atomic E-state index is -1.22. The minimum Gasteiger partial charge on any atom is -0.485 e. The summed E-state index contributed by atoms with van der Waals surface area (Å²) in [5, 5.41) is 22.1. The van der Waals surface area contributed by atoms with Gasteiger partial charge in [-0.05, 0) is 30.5 Å². The van der Waals surface area contributed by atoms with Gasteiger partial charge in [-0.25, -0.2) is 4.79 Å². The summed E-state index contributed by atoms with van der Waals surface area (Å²) < 4.78 is 5.64. The van der Waals surface area contributed by atoms with Crippen LogP contribution in [-0.2, 0) is 11.4 Å². The number of nitro groups is 1. The molecule has 0 unspecified atom stereocenters. The zero-order valence-corrected chi connectivity index (χ0v) is 14.6. The van der Waals surface area contributed by atoms with Crippen molar-refractivity contribution in [1.29, 1.82) is 0 Å². The van der Waals surface area contributed by atoms with Crippen LogP contribution in [0, 0.1) is 10.1 Å². The third-order valence-electron chi connectivity index (χ3n) is 4.40. The molecule has 3 rings (SSSR count). The summed E-state index contributed by atoms with van der Waals surface area (Å²) in [7, 11) is 0. The molecule has 1 fully saturated rings. The lowest BCUT2D eigenvalue weighted by Crippen LogP contribution is -2.34. The fourth-order valence-electron chi connectivity index (χ4n) is 2.98. The summed E-state index contributed by atoms with van der Waals surface area (Å²) in [5.41, 5.74) is 0.552. The Kier molecular flexibility index (Phi) is 6.00. The molecule has 2 aromatic carbocycles. The average Bonchev–Trinajstić information content (AvgIpc) is 3.12. The Balaban J connectivity index is 1.61. The Hall–Kier alpha value is -2.97. The van der Waals surface area contributed by atoms with Crippen molar-refractivity contribution < 1.29 is 24.4 Å². The standard InChI is InChI=1S/C19H20N2O6/c22-19(23)15-8-9-18(17(11-15)21(24)25)26-13-16-7-4-10-20(16)27-12-14-5-2-1-3-6-14/h1-3,5-6,8-9,11,16H,4,7,10,12-13H2,(H,22,23)/t16-/m0/s1. The fraction of sp³-hybridized carbons (Fsp3) is 0.316. The summed E-state index contributed by atoms with van der Waals surface area (Å²) in [5.74, 6) is -1.17. The number of ether oxygens (including phenoxy) is 1. The Morgan fingerprint density at radius 3 is 2.74 bits per heavy atom. The second-order valence-electron chi connectivity index (χ2n) is 6.25. The van der Waals surface area contributed by atoms with E-state index in [4.69, 9.17) is 14.7 Å². The predicted octanol–water partition coefficient (Wildman–Crippen LogP) is 3.27. The monoisotopic (exact) mass is 372 g/mol. The summed E-state index contributed by atoms with van der Waals surface area (Å²) in [6, 6.07) is 13.4. The van der Waals surface area contributed by atoms with Crippen LogP contribution in [0.25, 0.3) is 0 Å². The van der Waals surface area contributed by atoms with Crippen molar-refractivity contribution in [3.63, 3.8) is 0 Å². The third kappa shape index (κ3) is 4.81. The van der Waals surface area contributed by atoms with Gasteiger partial charge in [-0.3, -0.25) is 15.0 Å². The van der Waals surface area contributed by atoms with Gasteiger partial charge in [-0.15, -0.1) is 0 Å². The molecule has 0 saturated carbocycles. The molecule has 8 nitrogen and oxygen atoms in total. The number of carboxylic acids is 1. The van der Waals surface area contributed by atoms with Crippen molar-refractivity contribution in [2.45, 2.75) is 25.5 Å². The number of benzene rings is 2. The van der Waals surface area contributed by atoms with Gasteiger partial charge in [0.1, 0.15) is 6.61 Å². The van der Waals surface area contributed by atoms with Gasteiger partial charge in [0.15, 0.2) is 5.75 Å². The van der Waals surface area contributed by atoms with Gasteiger partial charge in [0.05, 0.1) is 23.1 Å². The number of nitro benzene ring substituents is 1. The number of aromatic carboxylic acids is 1. The molecule has 0 spiro atoms. The Morgan fingerprint density at radius 2 is 2.04 bits per heavy atom. The normalized spacial score (nSPS) is 17.0. The van der Waals surface area contributed by atoms with Crippen LogP contribution in [-0.4, -0.2) is 40.3 Å². The van der Waals surface area contributed by atoms with E-state index in [0.29, 0.717) is 6.61 Å². The van der Waals surface area contributed by atoms with Gasteiger partial charge >= 0.3 is 11.7 Å². The average molecular weight is 372 g/mol. The first kappa shape index (κ1) is 18.8.